The van der Waals surface area contributed by atoms with Crippen LogP contribution in [-0.2, 0) is 21.1 Å². The van der Waals surface area contributed by atoms with Crippen LogP contribution in [-0.4, -0.2) is 49.4 Å². The summed E-state index contributed by atoms with van der Waals surface area (Å²) in [6.45, 7) is 2.49. The second-order valence-electron chi connectivity index (χ2n) is 6.40. The molecule has 2 unspecified atom stereocenters. The van der Waals surface area contributed by atoms with Crippen molar-refractivity contribution in [1.82, 2.24) is 4.90 Å². The van der Waals surface area contributed by atoms with Gasteiger partial charge in [0.25, 0.3) is 0 Å². The zero-order valence-electron chi connectivity index (χ0n) is 13.6. The minimum Gasteiger partial charge on any atom is -0.339 e. The lowest BCUT2D eigenvalue weighted by Gasteiger charge is -2.36. The smallest absolute Gasteiger partial charge is 0.238 e. The van der Waals surface area contributed by atoms with E-state index in [-0.39, 0.29) is 29.5 Å². The first-order chi connectivity index (χ1) is 10.9. The van der Waals surface area contributed by atoms with Gasteiger partial charge in [0.1, 0.15) is 5.75 Å². The van der Waals surface area contributed by atoms with Crippen molar-refractivity contribution in [1.29, 1.82) is 0 Å². The van der Waals surface area contributed by atoms with Gasteiger partial charge in [-0.05, 0) is 38.2 Å². The van der Waals surface area contributed by atoms with Gasteiger partial charge in [-0.2, -0.15) is 0 Å². The second kappa shape index (κ2) is 7.93. The van der Waals surface area contributed by atoms with Crippen LogP contribution in [0.25, 0.3) is 0 Å². The van der Waals surface area contributed by atoms with Gasteiger partial charge in [0.2, 0.25) is 5.91 Å². The number of carbonyl (C=O) groups is 1. The lowest BCUT2D eigenvalue weighted by Crippen LogP contribution is -2.50. The van der Waals surface area contributed by atoms with E-state index in [0.29, 0.717) is 19.4 Å². The number of nitrogens with two attached hydrogens (primary N) is 1. The van der Waals surface area contributed by atoms with Gasteiger partial charge in [-0.15, -0.1) is 0 Å². The molecule has 2 atom stereocenters. The van der Waals surface area contributed by atoms with E-state index in [2.05, 4.69) is 0 Å². The number of aryl methyl sites for hydroxylation is 1. The van der Waals surface area contributed by atoms with E-state index in [1.807, 2.05) is 37.3 Å². The molecule has 6 heteroatoms. The minimum absolute atomic E-state index is 0.0192. The van der Waals surface area contributed by atoms with Gasteiger partial charge in [0.05, 0.1) is 5.75 Å². The first-order valence-electron chi connectivity index (χ1n) is 8.17. The van der Waals surface area contributed by atoms with Crippen molar-refractivity contribution in [3.8, 4) is 0 Å². The maximum absolute atomic E-state index is 12.3. The first-order valence-corrected chi connectivity index (χ1v) is 9.99. The SMILES string of the molecule is CC1CC(N)CCN1C(=O)CS(=O)(=O)CCCc1ccccc1. The van der Waals surface area contributed by atoms with Crippen LogP contribution < -0.4 is 5.73 Å². The van der Waals surface area contributed by atoms with Crippen LogP contribution in [0.3, 0.4) is 0 Å². The predicted octanol–water partition coefficient (Wildman–Crippen LogP) is 1.37. The van der Waals surface area contributed by atoms with Crippen LogP contribution in [0.2, 0.25) is 0 Å². The van der Waals surface area contributed by atoms with Gasteiger partial charge in [-0.1, -0.05) is 30.3 Å². The highest BCUT2D eigenvalue weighted by molar-refractivity contribution is 7.92. The predicted molar refractivity (Wildman–Crippen MR) is 91.8 cm³/mol. The van der Waals surface area contributed by atoms with E-state index >= 15 is 0 Å². The number of amides is 1. The number of benzene rings is 1. The maximum atomic E-state index is 12.3. The topological polar surface area (TPSA) is 80.5 Å². The Kier molecular flexibility index (Phi) is 6.18. The van der Waals surface area contributed by atoms with E-state index in [0.717, 1.165) is 18.4 Å². The Morgan fingerprint density at radius 3 is 2.65 bits per heavy atom. The molecule has 1 amide bonds. The highest BCUT2D eigenvalue weighted by atomic mass is 32.2. The molecule has 0 saturated carbocycles. The third kappa shape index (κ3) is 5.62. The fourth-order valence-corrected chi connectivity index (χ4v) is 4.33. The van der Waals surface area contributed by atoms with Crippen molar-refractivity contribution in [2.24, 2.45) is 5.73 Å². The molecule has 0 aromatic heterocycles. The fourth-order valence-electron chi connectivity index (χ4n) is 3.06. The highest BCUT2D eigenvalue weighted by Crippen LogP contribution is 2.16. The average molecular weight is 338 g/mol. The lowest BCUT2D eigenvalue weighted by molar-refractivity contribution is -0.131. The summed E-state index contributed by atoms with van der Waals surface area (Å²) in [6.07, 6.45) is 2.73. The maximum Gasteiger partial charge on any atom is 0.238 e. The van der Waals surface area contributed by atoms with Crippen molar-refractivity contribution in [2.75, 3.05) is 18.1 Å². The van der Waals surface area contributed by atoms with Crippen LogP contribution in [0.5, 0.6) is 0 Å². The summed E-state index contributed by atoms with van der Waals surface area (Å²) in [6, 6.07) is 9.91. The van der Waals surface area contributed by atoms with Gasteiger partial charge >= 0.3 is 0 Å². The third-order valence-electron chi connectivity index (χ3n) is 4.34. The number of sulfone groups is 1. The number of likely N-dealkylation sites (tertiary alicyclic amines) is 1. The number of hydrogen-bond donors (Lipinski definition) is 1. The van der Waals surface area contributed by atoms with Gasteiger partial charge in [0, 0.05) is 18.6 Å². The van der Waals surface area contributed by atoms with E-state index in [9.17, 15) is 13.2 Å². The van der Waals surface area contributed by atoms with E-state index in [1.54, 1.807) is 4.90 Å². The molecular formula is C17H26N2O3S. The lowest BCUT2D eigenvalue weighted by atomic mass is 9.99. The Bertz CT molecular complexity index is 616. The molecular weight excluding hydrogens is 312 g/mol. The third-order valence-corrected chi connectivity index (χ3v) is 5.94. The summed E-state index contributed by atoms with van der Waals surface area (Å²) in [7, 11) is -3.36. The summed E-state index contributed by atoms with van der Waals surface area (Å²) in [5, 5.41) is 0. The van der Waals surface area contributed by atoms with Crippen LogP contribution in [0.4, 0.5) is 0 Å². The Labute approximate surface area is 138 Å². The average Bonchev–Trinajstić information content (AvgIpc) is 2.47. The number of piperidine rings is 1. The summed E-state index contributed by atoms with van der Waals surface area (Å²) in [5.41, 5.74) is 7.00. The van der Waals surface area contributed by atoms with Gasteiger partial charge < -0.3 is 10.6 Å². The summed E-state index contributed by atoms with van der Waals surface area (Å²) in [4.78, 5) is 13.9. The molecule has 0 aliphatic carbocycles. The van der Waals surface area contributed by atoms with Crippen LogP contribution in [0.15, 0.2) is 30.3 Å². The molecule has 5 nitrogen and oxygen atoms in total. The monoisotopic (exact) mass is 338 g/mol. The number of rotatable bonds is 6. The van der Waals surface area contributed by atoms with Crippen molar-refractivity contribution >= 4 is 15.7 Å². The quantitative estimate of drug-likeness (QED) is 0.849. The van der Waals surface area contributed by atoms with Gasteiger partial charge in [-0.3, -0.25) is 4.79 Å². The molecule has 23 heavy (non-hydrogen) atoms. The molecule has 0 radical (unpaired) electrons. The van der Waals surface area contributed by atoms with Gasteiger partial charge in [0.15, 0.2) is 9.84 Å². The van der Waals surface area contributed by atoms with Gasteiger partial charge in [-0.25, -0.2) is 8.42 Å². The molecule has 0 bridgehead atoms. The minimum atomic E-state index is -3.36. The second-order valence-corrected chi connectivity index (χ2v) is 8.59. The molecule has 2 N–H and O–H groups in total. The molecule has 1 saturated heterocycles. The van der Waals surface area contributed by atoms with Crippen LogP contribution in [0.1, 0.15) is 31.7 Å². The molecule has 128 valence electrons. The Morgan fingerprint density at radius 2 is 2.00 bits per heavy atom. The molecule has 0 spiro atoms. The molecule has 1 aliphatic heterocycles. The van der Waals surface area contributed by atoms with Crippen LogP contribution >= 0.6 is 0 Å². The van der Waals surface area contributed by atoms with Crippen molar-refractivity contribution in [2.45, 2.75) is 44.7 Å². The van der Waals surface area contributed by atoms with E-state index < -0.39 is 9.84 Å². The van der Waals surface area contributed by atoms with Crippen LogP contribution in [0, 0.1) is 0 Å². The normalized spacial score (nSPS) is 22.1. The largest absolute Gasteiger partial charge is 0.339 e. The Hall–Kier alpha value is -1.40. The molecule has 1 fully saturated rings. The summed E-state index contributed by atoms with van der Waals surface area (Å²) in [5.74, 6) is -0.624. The fraction of sp³-hybridized carbons (Fsp3) is 0.588. The number of hydrogen-bond acceptors (Lipinski definition) is 4. The number of carbonyl (C=O) groups excluding carboxylic acids is 1. The zero-order chi connectivity index (χ0) is 16.9. The first kappa shape index (κ1) is 17.9. The zero-order valence-corrected chi connectivity index (χ0v) is 14.5. The van der Waals surface area contributed by atoms with E-state index in [4.69, 9.17) is 5.73 Å². The Morgan fingerprint density at radius 1 is 1.30 bits per heavy atom. The molecule has 1 aromatic carbocycles. The molecule has 1 aliphatic rings. The Balaban J connectivity index is 1.82. The molecule has 1 heterocycles. The molecule has 2 rings (SSSR count). The molecule has 1 aromatic rings. The number of nitrogens with zero attached hydrogens (tertiary/aromatic N) is 1. The highest BCUT2D eigenvalue weighted by Gasteiger charge is 2.29. The van der Waals surface area contributed by atoms with Crippen molar-refractivity contribution in [3.05, 3.63) is 35.9 Å². The van der Waals surface area contributed by atoms with Crippen molar-refractivity contribution in [3.63, 3.8) is 0 Å². The standard InChI is InChI=1S/C17H26N2O3S/c1-14-12-16(18)9-10-19(14)17(20)13-23(21,22)11-5-8-15-6-3-2-4-7-15/h2-4,6-7,14,16H,5,8-13,18H2,1H3. The van der Waals surface area contributed by atoms with Crippen molar-refractivity contribution < 1.29 is 13.2 Å². The van der Waals surface area contributed by atoms with E-state index in [1.165, 1.54) is 0 Å². The summed E-state index contributed by atoms with van der Waals surface area (Å²) >= 11 is 0. The summed E-state index contributed by atoms with van der Waals surface area (Å²) < 4.78 is 24.3.